The monoisotopic (exact) mass is 355 g/mol. The molecule has 0 atom stereocenters. The summed E-state index contributed by atoms with van der Waals surface area (Å²) in [6, 6.07) is 2.79. The first-order valence-corrected chi connectivity index (χ1v) is 7.29. The summed E-state index contributed by atoms with van der Waals surface area (Å²) in [5.41, 5.74) is 0.332. The number of aliphatic imine (C=N–C) groups is 1. The highest BCUT2D eigenvalue weighted by atomic mass is 35.5. The van der Waals surface area contributed by atoms with Gasteiger partial charge in [-0.2, -0.15) is 8.78 Å². The Bertz CT molecular complexity index is 516. The fourth-order valence-electron chi connectivity index (χ4n) is 1.63. The van der Waals surface area contributed by atoms with Crippen molar-refractivity contribution in [3.63, 3.8) is 0 Å². The van der Waals surface area contributed by atoms with Crippen molar-refractivity contribution < 1.29 is 18.6 Å². The molecule has 5 nitrogen and oxygen atoms in total. The number of nitrogens with zero attached hydrogens (tertiary/aromatic N) is 1. The summed E-state index contributed by atoms with van der Waals surface area (Å²) in [4.78, 5) is 4.21. The van der Waals surface area contributed by atoms with E-state index in [9.17, 15) is 8.78 Å². The molecular formula is C13H17Cl2F2N3O2. The average Bonchev–Trinajstić information content (AvgIpc) is 2.44. The number of alkyl halides is 2. The average molecular weight is 356 g/mol. The Labute approximate surface area is 137 Å². The molecule has 9 heteroatoms. The molecule has 3 N–H and O–H groups in total. The van der Waals surface area contributed by atoms with Crippen LogP contribution in [0, 0.1) is 0 Å². The van der Waals surface area contributed by atoms with Crippen molar-refractivity contribution in [1.82, 2.24) is 10.6 Å². The van der Waals surface area contributed by atoms with Gasteiger partial charge in [-0.25, -0.2) is 4.99 Å². The number of nitrogens with one attached hydrogen (secondary N) is 2. The molecule has 0 unspecified atom stereocenters. The number of guanidine groups is 1. The van der Waals surface area contributed by atoms with E-state index >= 15 is 0 Å². The zero-order chi connectivity index (χ0) is 16.5. The Kier molecular flexibility index (Phi) is 8.22. The molecule has 0 aliphatic carbocycles. The van der Waals surface area contributed by atoms with E-state index in [4.69, 9.17) is 28.3 Å². The largest absolute Gasteiger partial charge is 0.433 e. The second kappa shape index (κ2) is 9.66. The van der Waals surface area contributed by atoms with E-state index in [1.807, 2.05) is 6.92 Å². The van der Waals surface area contributed by atoms with Crippen molar-refractivity contribution in [3.05, 3.63) is 27.7 Å². The van der Waals surface area contributed by atoms with E-state index in [-0.39, 0.29) is 23.9 Å². The molecule has 0 fully saturated rings. The molecule has 1 aromatic rings. The highest BCUT2D eigenvalue weighted by Gasteiger charge is 2.15. The fraction of sp³-hybridized carbons (Fsp3) is 0.462. The molecule has 0 bridgehead atoms. The van der Waals surface area contributed by atoms with Gasteiger partial charge < -0.3 is 20.5 Å². The maximum atomic E-state index is 12.5. The lowest BCUT2D eigenvalue weighted by Crippen LogP contribution is -2.38. The van der Waals surface area contributed by atoms with Crippen LogP contribution in [0.2, 0.25) is 10.0 Å². The first-order chi connectivity index (χ1) is 10.5. The smallest absolute Gasteiger partial charge is 0.387 e. The van der Waals surface area contributed by atoms with Crippen LogP contribution in [0.5, 0.6) is 5.75 Å². The van der Waals surface area contributed by atoms with Crippen LogP contribution in [0.4, 0.5) is 8.78 Å². The number of hydrogen-bond donors (Lipinski definition) is 3. The van der Waals surface area contributed by atoms with E-state index in [1.165, 1.54) is 12.1 Å². The SMILES string of the molecule is CCNC(=NCc1cc(Cl)cc(Cl)c1OC(F)F)NCCO. The lowest BCUT2D eigenvalue weighted by Gasteiger charge is -2.13. The lowest BCUT2D eigenvalue weighted by atomic mass is 10.2. The topological polar surface area (TPSA) is 65.9 Å². The summed E-state index contributed by atoms with van der Waals surface area (Å²) in [5, 5.41) is 14.9. The van der Waals surface area contributed by atoms with E-state index in [0.29, 0.717) is 29.6 Å². The number of benzene rings is 1. The van der Waals surface area contributed by atoms with Crippen molar-refractivity contribution in [3.8, 4) is 5.75 Å². The molecule has 22 heavy (non-hydrogen) atoms. The molecular weight excluding hydrogens is 339 g/mol. The van der Waals surface area contributed by atoms with Crippen LogP contribution in [0.15, 0.2) is 17.1 Å². The molecule has 1 aromatic carbocycles. The van der Waals surface area contributed by atoms with Crippen molar-refractivity contribution in [2.24, 2.45) is 4.99 Å². The van der Waals surface area contributed by atoms with Gasteiger partial charge >= 0.3 is 6.61 Å². The van der Waals surface area contributed by atoms with Gasteiger partial charge in [0, 0.05) is 23.7 Å². The van der Waals surface area contributed by atoms with Gasteiger partial charge in [-0.1, -0.05) is 23.2 Å². The Morgan fingerprint density at radius 3 is 2.68 bits per heavy atom. The van der Waals surface area contributed by atoms with Crippen LogP contribution in [0.1, 0.15) is 12.5 Å². The van der Waals surface area contributed by atoms with E-state index in [2.05, 4.69) is 20.4 Å². The predicted octanol–water partition coefficient (Wildman–Crippen LogP) is 2.64. The number of ether oxygens (including phenoxy) is 1. The molecule has 0 saturated heterocycles. The van der Waals surface area contributed by atoms with Gasteiger partial charge in [0.2, 0.25) is 0 Å². The van der Waals surface area contributed by atoms with Gasteiger partial charge in [-0.05, 0) is 19.1 Å². The minimum atomic E-state index is -3.00. The lowest BCUT2D eigenvalue weighted by molar-refractivity contribution is -0.0503. The molecule has 0 heterocycles. The highest BCUT2D eigenvalue weighted by Crippen LogP contribution is 2.34. The van der Waals surface area contributed by atoms with Crippen LogP contribution >= 0.6 is 23.2 Å². The zero-order valence-corrected chi connectivity index (χ0v) is 13.4. The van der Waals surface area contributed by atoms with Gasteiger partial charge in [0.25, 0.3) is 0 Å². The third-order valence-corrected chi connectivity index (χ3v) is 2.95. The van der Waals surface area contributed by atoms with Crippen LogP contribution < -0.4 is 15.4 Å². The summed E-state index contributed by atoms with van der Waals surface area (Å²) in [5.74, 6) is 0.276. The molecule has 1 rings (SSSR count). The molecule has 0 radical (unpaired) electrons. The normalized spacial score (nSPS) is 11.7. The first kappa shape index (κ1) is 18.7. The number of aliphatic hydroxyl groups is 1. The van der Waals surface area contributed by atoms with E-state index in [1.54, 1.807) is 0 Å². The summed E-state index contributed by atoms with van der Waals surface area (Å²) < 4.78 is 29.4. The van der Waals surface area contributed by atoms with Crippen molar-refractivity contribution in [1.29, 1.82) is 0 Å². The molecule has 0 aliphatic rings. The quantitative estimate of drug-likeness (QED) is 0.519. The summed E-state index contributed by atoms with van der Waals surface area (Å²) in [6.07, 6.45) is 0. The molecule has 0 aromatic heterocycles. The predicted molar refractivity (Wildman–Crippen MR) is 83.0 cm³/mol. The third-order valence-electron chi connectivity index (χ3n) is 2.45. The van der Waals surface area contributed by atoms with Crippen LogP contribution in [0.25, 0.3) is 0 Å². The highest BCUT2D eigenvalue weighted by molar-refractivity contribution is 6.35. The maximum absolute atomic E-state index is 12.5. The molecule has 0 aliphatic heterocycles. The second-order valence-electron chi connectivity index (χ2n) is 4.10. The van der Waals surface area contributed by atoms with Crippen LogP contribution in [-0.2, 0) is 6.54 Å². The number of rotatable bonds is 7. The van der Waals surface area contributed by atoms with Crippen molar-refractivity contribution >= 4 is 29.2 Å². The summed E-state index contributed by atoms with van der Waals surface area (Å²) >= 11 is 11.8. The van der Waals surface area contributed by atoms with Gasteiger partial charge in [-0.3, -0.25) is 0 Å². The zero-order valence-electron chi connectivity index (χ0n) is 11.9. The molecule has 0 saturated carbocycles. The molecule has 0 amide bonds. The third kappa shape index (κ3) is 6.21. The van der Waals surface area contributed by atoms with Crippen LogP contribution in [-0.4, -0.2) is 37.4 Å². The van der Waals surface area contributed by atoms with E-state index < -0.39 is 6.61 Å². The standard InChI is InChI=1S/C13H17Cl2F2N3O2/c1-2-18-13(19-3-4-21)20-7-8-5-9(14)6-10(15)11(8)22-12(16)17/h5-6,12,21H,2-4,7H2,1H3,(H2,18,19,20). The van der Waals surface area contributed by atoms with Gasteiger partial charge in [0.15, 0.2) is 5.96 Å². The number of halogens is 4. The minimum absolute atomic E-state index is 0.00804. The second-order valence-corrected chi connectivity index (χ2v) is 4.94. The van der Waals surface area contributed by atoms with Gasteiger partial charge in [0.05, 0.1) is 18.2 Å². The Hall–Kier alpha value is -1.31. The Morgan fingerprint density at radius 2 is 2.09 bits per heavy atom. The van der Waals surface area contributed by atoms with E-state index in [0.717, 1.165) is 0 Å². The maximum Gasteiger partial charge on any atom is 0.387 e. The van der Waals surface area contributed by atoms with Crippen molar-refractivity contribution in [2.75, 3.05) is 19.7 Å². The van der Waals surface area contributed by atoms with Gasteiger partial charge in [-0.15, -0.1) is 0 Å². The van der Waals surface area contributed by atoms with Gasteiger partial charge in [0.1, 0.15) is 5.75 Å². The Balaban J connectivity index is 2.98. The Morgan fingerprint density at radius 1 is 1.36 bits per heavy atom. The number of hydrogen-bond acceptors (Lipinski definition) is 3. The minimum Gasteiger partial charge on any atom is -0.433 e. The molecule has 0 spiro atoms. The fourth-order valence-corrected chi connectivity index (χ4v) is 2.21. The van der Waals surface area contributed by atoms with Crippen LogP contribution in [0.3, 0.4) is 0 Å². The number of aliphatic hydroxyl groups excluding tert-OH is 1. The first-order valence-electron chi connectivity index (χ1n) is 6.53. The molecule has 124 valence electrons. The summed E-state index contributed by atoms with van der Waals surface area (Å²) in [7, 11) is 0. The van der Waals surface area contributed by atoms with Crippen molar-refractivity contribution in [2.45, 2.75) is 20.1 Å². The summed E-state index contributed by atoms with van der Waals surface area (Å²) in [6.45, 7) is -0.244.